The highest BCUT2D eigenvalue weighted by atomic mass is 16.3. The van der Waals surface area contributed by atoms with Crippen LogP contribution in [-0.2, 0) is 33.6 Å². The van der Waals surface area contributed by atoms with Crippen LogP contribution in [0.15, 0.2) is 72.8 Å². The summed E-state index contributed by atoms with van der Waals surface area (Å²) in [7, 11) is 0. The maximum Gasteiger partial charge on any atom is 0.230 e. The van der Waals surface area contributed by atoms with Crippen LogP contribution < -0.4 is 16.0 Å². The van der Waals surface area contributed by atoms with Gasteiger partial charge in [-0.2, -0.15) is 0 Å². The second kappa shape index (κ2) is 14.4. The molecule has 240 valence electrons. The highest BCUT2D eigenvalue weighted by molar-refractivity contribution is 6.02. The molecule has 0 radical (unpaired) electrons. The van der Waals surface area contributed by atoms with Crippen LogP contribution in [0.2, 0.25) is 0 Å². The number of hydrogen-bond acceptors (Lipinski definition) is 6. The van der Waals surface area contributed by atoms with E-state index in [0.29, 0.717) is 36.3 Å². The largest absolute Gasteiger partial charge is 0.396 e. The maximum atomic E-state index is 14.0. The van der Waals surface area contributed by atoms with Gasteiger partial charge >= 0.3 is 0 Å². The van der Waals surface area contributed by atoms with E-state index >= 15 is 0 Å². The smallest absolute Gasteiger partial charge is 0.230 e. The molecule has 4 rings (SSSR count). The van der Waals surface area contributed by atoms with Gasteiger partial charge in [-0.05, 0) is 91.6 Å². The molecular weight excluding hydrogens is 570 g/mol. The molecular formula is C36H45N3O6. The number of nitrogens with one attached hydrogen (secondary N) is 3. The van der Waals surface area contributed by atoms with Gasteiger partial charge in [0.05, 0.1) is 0 Å². The number of anilines is 3. The average Bonchev–Trinajstić information content (AvgIpc) is 3.00. The van der Waals surface area contributed by atoms with Gasteiger partial charge in [0, 0.05) is 53.1 Å². The molecule has 0 spiro atoms. The lowest BCUT2D eigenvalue weighted by molar-refractivity contribution is -0.147. The van der Waals surface area contributed by atoms with E-state index in [4.69, 9.17) is 0 Å². The van der Waals surface area contributed by atoms with E-state index in [9.17, 15) is 29.7 Å². The molecule has 9 heteroatoms. The number of benzene rings is 3. The molecule has 1 aliphatic rings. The predicted molar refractivity (Wildman–Crippen MR) is 176 cm³/mol. The Morgan fingerprint density at radius 3 is 0.911 bits per heavy atom. The Kier molecular flexibility index (Phi) is 10.8. The van der Waals surface area contributed by atoms with E-state index in [1.807, 2.05) is 57.2 Å². The lowest BCUT2D eigenvalue weighted by Crippen LogP contribution is -2.55. The van der Waals surface area contributed by atoms with Crippen molar-refractivity contribution < 1.29 is 29.7 Å². The van der Waals surface area contributed by atoms with Gasteiger partial charge in [0.25, 0.3) is 0 Å². The van der Waals surface area contributed by atoms with E-state index < -0.39 is 16.2 Å². The normalized spacial score (nSPS) is 22.8. The molecule has 0 aromatic heterocycles. The molecule has 0 heterocycles. The Labute approximate surface area is 265 Å². The second-order valence-corrected chi connectivity index (χ2v) is 13.1. The third kappa shape index (κ3) is 8.36. The van der Waals surface area contributed by atoms with E-state index in [2.05, 4.69) is 16.0 Å². The monoisotopic (exact) mass is 615 g/mol. The SMILES string of the molecule is CC1(C(=O)Nc2ccc(CCO)cc2)CC(C)(C(=O)Nc2ccc(CCO)cc2)CC(C)(C(=O)Nc2ccc(CCO)cc2)C1. The summed E-state index contributed by atoms with van der Waals surface area (Å²) in [5, 5.41) is 36.7. The molecule has 3 amide bonds. The Bertz CT molecular complexity index is 1280. The predicted octanol–water partition coefficient (Wildman–Crippen LogP) is 4.71. The van der Waals surface area contributed by atoms with Crippen LogP contribution in [0.3, 0.4) is 0 Å². The lowest BCUT2D eigenvalue weighted by Gasteiger charge is -2.50. The summed E-state index contributed by atoms with van der Waals surface area (Å²) in [6.45, 7) is 5.53. The van der Waals surface area contributed by atoms with Gasteiger partial charge in [-0.1, -0.05) is 57.2 Å². The maximum absolute atomic E-state index is 14.0. The number of amides is 3. The van der Waals surface area contributed by atoms with Crippen LogP contribution in [0.4, 0.5) is 17.1 Å². The zero-order valence-corrected chi connectivity index (χ0v) is 26.4. The summed E-state index contributed by atoms with van der Waals surface area (Å²) >= 11 is 0. The van der Waals surface area contributed by atoms with Gasteiger partial charge in [-0.15, -0.1) is 0 Å². The van der Waals surface area contributed by atoms with Gasteiger partial charge in [-0.3, -0.25) is 14.4 Å². The number of carbonyl (C=O) groups excluding carboxylic acids is 3. The van der Waals surface area contributed by atoms with Gasteiger partial charge in [-0.25, -0.2) is 0 Å². The first-order valence-corrected chi connectivity index (χ1v) is 15.5. The molecule has 1 fully saturated rings. The zero-order chi connectivity index (χ0) is 32.7. The number of aliphatic hydroxyl groups is 3. The molecule has 0 saturated heterocycles. The van der Waals surface area contributed by atoms with Crippen molar-refractivity contribution in [3.8, 4) is 0 Å². The fourth-order valence-electron chi connectivity index (χ4n) is 6.75. The number of rotatable bonds is 12. The quantitative estimate of drug-likeness (QED) is 0.174. The molecule has 6 N–H and O–H groups in total. The first-order chi connectivity index (χ1) is 21.4. The van der Waals surface area contributed by atoms with Crippen LogP contribution in [0.1, 0.15) is 56.7 Å². The summed E-state index contributed by atoms with van der Waals surface area (Å²) in [6, 6.07) is 21.8. The van der Waals surface area contributed by atoms with E-state index in [0.717, 1.165) is 16.7 Å². The summed E-state index contributed by atoms with van der Waals surface area (Å²) in [5.41, 5.74) is 1.40. The number of carbonyl (C=O) groups is 3. The van der Waals surface area contributed by atoms with Crippen molar-refractivity contribution in [2.75, 3.05) is 35.8 Å². The summed E-state index contributed by atoms with van der Waals surface area (Å²) in [6.07, 6.45) is 2.22. The molecule has 0 aliphatic heterocycles. The van der Waals surface area contributed by atoms with E-state index in [1.165, 1.54) is 0 Å². The third-order valence-corrected chi connectivity index (χ3v) is 8.82. The lowest BCUT2D eigenvalue weighted by atomic mass is 9.53. The summed E-state index contributed by atoms with van der Waals surface area (Å²) < 4.78 is 0. The van der Waals surface area contributed by atoms with Crippen LogP contribution >= 0.6 is 0 Å². The number of hydrogen-bond donors (Lipinski definition) is 6. The van der Waals surface area contributed by atoms with Crippen molar-refractivity contribution in [3.05, 3.63) is 89.5 Å². The minimum absolute atomic E-state index is 0.0324. The van der Waals surface area contributed by atoms with E-state index in [1.54, 1.807) is 36.4 Å². The molecule has 0 bridgehead atoms. The van der Waals surface area contributed by atoms with Crippen molar-refractivity contribution >= 4 is 34.8 Å². The van der Waals surface area contributed by atoms with Gasteiger partial charge in [0.15, 0.2) is 0 Å². The molecule has 3 aromatic rings. The van der Waals surface area contributed by atoms with Crippen LogP contribution in [0.25, 0.3) is 0 Å². The Morgan fingerprint density at radius 2 is 0.711 bits per heavy atom. The Hall–Kier alpha value is -4.05. The molecule has 1 saturated carbocycles. The molecule has 45 heavy (non-hydrogen) atoms. The zero-order valence-electron chi connectivity index (χ0n) is 26.4. The summed E-state index contributed by atoms with van der Waals surface area (Å²) in [4.78, 5) is 41.9. The third-order valence-electron chi connectivity index (χ3n) is 8.82. The van der Waals surface area contributed by atoms with Gasteiger partial charge < -0.3 is 31.3 Å². The minimum atomic E-state index is -1.07. The highest BCUT2D eigenvalue weighted by Crippen LogP contribution is 2.55. The van der Waals surface area contributed by atoms with Crippen LogP contribution in [0.5, 0.6) is 0 Å². The highest BCUT2D eigenvalue weighted by Gasteiger charge is 2.57. The fourth-order valence-corrected chi connectivity index (χ4v) is 6.75. The van der Waals surface area contributed by atoms with Crippen molar-refractivity contribution in [1.82, 2.24) is 0 Å². The molecule has 0 unspecified atom stereocenters. The molecule has 9 nitrogen and oxygen atoms in total. The van der Waals surface area contributed by atoms with Crippen molar-refractivity contribution in [2.45, 2.75) is 59.3 Å². The fraction of sp³-hybridized carbons (Fsp3) is 0.417. The molecule has 3 aromatic carbocycles. The minimum Gasteiger partial charge on any atom is -0.396 e. The summed E-state index contributed by atoms with van der Waals surface area (Å²) in [5.74, 6) is -0.842. The first kappa shape index (κ1) is 33.8. The van der Waals surface area contributed by atoms with Crippen LogP contribution in [0, 0.1) is 16.2 Å². The topological polar surface area (TPSA) is 148 Å². The number of aliphatic hydroxyl groups excluding tert-OH is 3. The van der Waals surface area contributed by atoms with Gasteiger partial charge in [0.1, 0.15) is 0 Å². The van der Waals surface area contributed by atoms with Crippen molar-refractivity contribution in [1.29, 1.82) is 0 Å². The molecule has 1 aliphatic carbocycles. The Morgan fingerprint density at radius 1 is 0.489 bits per heavy atom. The second-order valence-electron chi connectivity index (χ2n) is 13.1. The van der Waals surface area contributed by atoms with E-state index in [-0.39, 0.29) is 56.8 Å². The van der Waals surface area contributed by atoms with Crippen molar-refractivity contribution in [2.24, 2.45) is 16.2 Å². The van der Waals surface area contributed by atoms with Gasteiger partial charge in [0.2, 0.25) is 17.7 Å². The average molecular weight is 616 g/mol. The standard InChI is InChI=1S/C36H45N3O6/c1-34(31(43)37-28-10-4-25(5-11-28)16-19-40)22-35(2,32(44)38-29-12-6-26(7-13-29)17-20-41)24-36(3,23-34)33(45)39-30-14-8-27(9-15-30)18-21-42/h4-15,40-42H,16-24H2,1-3H3,(H,37,43)(H,38,44)(H,39,45). The molecule has 0 atom stereocenters. The first-order valence-electron chi connectivity index (χ1n) is 15.5. The van der Waals surface area contributed by atoms with Crippen molar-refractivity contribution in [3.63, 3.8) is 0 Å². The Balaban J connectivity index is 1.61. The van der Waals surface area contributed by atoms with Crippen LogP contribution in [-0.4, -0.2) is 52.9 Å².